The minimum atomic E-state index is -1.90. The van der Waals surface area contributed by atoms with Crippen molar-refractivity contribution >= 4 is 5.97 Å². The summed E-state index contributed by atoms with van der Waals surface area (Å²) in [7, 11) is 0. The molecule has 1 aromatic rings. The second-order valence-corrected chi connectivity index (χ2v) is 7.04. The van der Waals surface area contributed by atoms with Crippen LogP contribution in [0.15, 0.2) is 27.0 Å². The molecule has 1 saturated heterocycles. The van der Waals surface area contributed by atoms with Crippen molar-refractivity contribution in [3.63, 3.8) is 0 Å². The summed E-state index contributed by atoms with van der Waals surface area (Å²) < 4.78 is 26.7. The van der Waals surface area contributed by atoms with Crippen LogP contribution in [0.25, 0.3) is 10.4 Å². The van der Waals surface area contributed by atoms with E-state index >= 15 is 0 Å². The Hall–Kier alpha value is -2.65. The molecule has 0 amide bonds. The van der Waals surface area contributed by atoms with E-state index in [4.69, 9.17) is 15.0 Å². The highest BCUT2D eigenvalue weighted by molar-refractivity contribution is 5.81. The van der Waals surface area contributed by atoms with E-state index < -0.39 is 53.3 Å². The maximum Gasteiger partial charge on any atom is 0.339 e. The number of nitrogens with zero attached hydrogens (tertiary/aromatic N) is 4. The van der Waals surface area contributed by atoms with Crippen LogP contribution in [0.1, 0.15) is 33.9 Å². The summed E-state index contributed by atoms with van der Waals surface area (Å²) in [6, 6.07) is 1.03. The van der Waals surface area contributed by atoms with Crippen molar-refractivity contribution in [3.8, 4) is 0 Å². The number of hydrogen-bond acceptors (Lipinski definition) is 6. The Bertz CT molecular complexity index is 853. The van der Waals surface area contributed by atoms with Gasteiger partial charge in [-0.05, 0) is 26.3 Å². The van der Waals surface area contributed by atoms with E-state index in [1.54, 1.807) is 20.8 Å². The summed E-state index contributed by atoms with van der Waals surface area (Å²) >= 11 is 0. The molecule has 1 aliphatic rings. The van der Waals surface area contributed by atoms with Gasteiger partial charge in [0.2, 0.25) is 0 Å². The molecule has 0 aliphatic carbocycles. The maximum atomic E-state index is 14.9. The third-order valence-electron chi connectivity index (χ3n) is 4.06. The molecule has 2 rings (SSSR count). The monoisotopic (exact) mass is 369 g/mol. The lowest BCUT2D eigenvalue weighted by atomic mass is 9.87. The van der Waals surface area contributed by atoms with Gasteiger partial charge in [0.25, 0.3) is 5.56 Å². The molecule has 11 heteroatoms. The second kappa shape index (κ2) is 6.93. The third-order valence-corrected chi connectivity index (χ3v) is 4.06. The zero-order chi connectivity index (χ0) is 19.7. The molecule has 0 unspecified atom stereocenters. The Balaban J connectivity index is 2.49. The first-order chi connectivity index (χ1) is 12.0. The number of azide groups is 1. The molecule has 0 spiro atoms. The van der Waals surface area contributed by atoms with Gasteiger partial charge in [0, 0.05) is 23.1 Å². The summed E-state index contributed by atoms with van der Waals surface area (Å²) in [6.07, 6.45) is -2.21. The lowest BCUT2D eigenvalue weighted by Gasteiger charge is -2.32. The predicted octanol–water partition coefficient (Wildman–Crippen LogP) is 1.43. The van der Waals surface area contributed by atoms with Crippen LogP contribution < -0.4 is 11.2 Å². The summed E-state index contributed by atoms with van der Waals surface area (Å²) in [4.78, 5) is 40.5. The zero-order valence-electron chi connectivity index (χ0n) is 14.8. The normalized spacial score (nSPS) is 28.4. The van der Waals surface area contributed by atoms with E-state index in [9.17, 15) is 18.8 Å². The second-order valence-electron chi connectivity index (χ2n) is 7.04. The van der Waals surface area contributed by atoms with Gasteiger partial charge in [-0.1, -0.05) is 12.0 Å². The van der Waals surface area contributed by atoms with Gasteiger partial charge < -0.3 is 9.47 Å². The fourth-order valence-electron chi connectivity index (χ4n) is 2.71. The minimum Gasteiger partial charge on any atom is -0.458 e. The standard InChI is InChI=1S/C15H20FN5O5/c1-8-10(16)11(21-6-5-9(22)19-13(21)24)25-15(8,7-18-20-17)12(23)26-14(2,3)4/h5-6,8,10-11H,7H2,1-4H3,(H,19,22,24)/t8-,10+,11+,15-/m0/s1. The van der Waals surface area contributed by atoms with E-state index in [1.807, 2.05) is 4.98 Å². The molecule has 0 bridgehead atoms. The number of ether oxygens (including phenoxy) is 2. The average Bonchev–Trinajstić information content (AvgIpc) is 2.77. The number of aromatic nitrogens is 2. The van der Waals surface area contributed by atoms with Crippen molar-refractivity contribution in [1.82, 2.24) is 9.55 Å². The van der Waals surface area contributed by atoms with E-state index in [-0.39, 0.29) is 0 Å². The number of carbonyl (C=O) groups is 1. The number of rotatable bonds is 4. The summed E-state index contributed by atoms with van der Waals surface area (Å²) in [6.45, 7) is 5.78. The summed E-state index contributed by atoms with van der Waals surface area (Å²) in [5, 5.41) is 3.37. The van der Waals surface area contributed by atoms with Crippen LogP contribution in [0.5, 0.6) is 0 Å². The Kier molecular flexibility index (Phi) is 5.24. The Morgan fingerprint density at radius 1 is 1.54 bits per heavy atom. The van der Waals surface area contributed by atoms with E-state index in [1.165, 1.54) is 6.92 Å². The third kappa shape index (κ3) is 3.63. The molecule has 2 heterocycles. The molecule has 10 nitrogen and oxygen atoms in total. The molecular formula is C15H20FN5O5. The molecule has 1 fully saturated rings. The molecule has 0 aromatic carbocycles. The maximum absolute atomic E-state index is 14.9. The Morgan fingerprint density at radius 3 is 2.73 bits per heavy atom. The van der Waals surface area contributed by atoms with Gasteiger partial charge in [-0.2, -0.15) is 0 Å². The highest BCUT2D eigenvalue weighted by Crippen LogP contribution is 2.44. The number of alkyl halides is 1. The molecular weight excluding hydrogens is 349 g/mol. The molecule has 0 saturated carbocycles. The van der Waals surface area contributed by atoms with Crippen LogP contribution in [0.3, 0.4) is 0 Å². The van der Waals surface area contributed by atoms with E-state index in [0.29, 0.717) is 0 Å². The number of carbonyl (C=O) groups excluding carboxylic acids is 1. The van der Waals surface area contributed by atoms with Crippen molar-refractivity contribution in [2.75, 3.05) is 6.54 Å². The van der Waals surface area contributed by atoms with Gasteiger partial charge in [0.1, 0.15) is 5.60 Å². The number of nitrogens with one attached hydrogen (secondary N) is 1. The molecule has 142 valence electrons. The Morgan fingerprint density at radius 2 is 2.19 bits per heavy atom. The Labute approximate surface area is 147 Å². The first-order valence-corrected chi connectivity index (χ1v) is 7.89. The average molecular weight is 369 g/mol. The molecule has 1 aliphatic heterocycles. The highest BCUT2D eigenvalue weighted by Gasteiger charge is 2.60. The highest BCUT2D eigenvalue weighted by atomic mass is 19.1. The first-order valence-electron chi connectivity index (χ1n) is 7.89. The van der Waals surface area contributed by atoms with Crippen LogP contribution >= 0.6 is 0 Å². The van der Waals surface area contributed by atoms with Gasteiger partial charge in [-0.15, -0.1) is 0 Å². The van der Waals surface area contributed by atoms with Crippen molar-refractivity contribution in [2.45, 2.75) is 51.3 Å². The SMILES string of the molecule is C[C@H]1[C@@H](F)[C@H](n2ccc(=O)[nH]c2=O)O[C@]1(CN=[N+]=[N-])C(=O)OC(C)(C)C. The molecule has 26 heavy (non-hydrogen) atoms. The fourth-order valence-corrected chi connectivity index (χ4v) is 2.71. The van der Waals surface area contributed by atoms with Crippen LogP contribution in [-0.4, -0.2) is 39.4 Å². The number of hydrogen-bond donors (Lipinski definition) is 1. The van der Waals surface area contributed by atoms with Gasteiger partial charge >= 0.3 is 11.7 Å². The number of esters is 1. The largest absolute Gasteiger partial charge is 0.458 e. The molecule has 1 N–H and O–H groups in total. The van der Waals surface area contributed by atoms with Crippen molar-refractivity contribution in [1.29, 1.82) is 0 Å². The van der Waals surface area contributed by atoms with Gasteiger partial charge in [0.15, 0.2) is 18.0 Å². The first kappa shape index (κ1) is 19.7. The number of aromatic amines is 1. The van der Waals surface area contributed by atoms with Crippen LogP contribution in [0, 0.1) is 5.92 Å². The summed E-state index contributed by atoms with van der Waals surface area (Å²) in [5.74, 6) is -1.97. The van der Waals surface area contributed by atoms with Gasteiger partial charge in [-0.3, -0.25) is 14.3 Å². The summed E-state index contributed by atoms with van der Waals surface area (Å²) in [5.41, 5.74) is 4.30. The topological polar surface area (TPSA) is 139 Å². The van der Waals surface area contributed by atoms with Crippen LogP contribution in [0.2, 0.25) is 0 Å². The molecule has 4 atom stereocenters. The van der Waals surface area contributed by atoms with Crippen molar-refractivity contribution in [2.24, 2.45) is 11.0 Å². The van der Waals surface area contributed by atoms with Gasteiger partial charge in [0.05, 0.1) is 6.54 Å². The van der Waals surface area contributed by atoms with E-state index in [2.05, 4.69) is 10.0 Å². The zero-order valence-corrected chi connectivity index (χ0v) is 14.8. The lowest BCUT2D eigenvalue weighted by Crippen LogP contribution is -2.50. The molecule has 0 radical (unpaired) electrons. The lowest BCUT2D eigenvalue weighted by molar-refractivity contribution is -0.188. The molecule has 1 aromatic heterocycles. The van der Waals surface area contributed by atoms with Gasteiger partial charge in [-0.25, -0.2) is 14.0 Å². The smallest absolute Gasteiger partial charge is 0.339 e. The fraction of sp³-hybridized carbons (Fsp3) is 0.667. The van der Waals surface area contributed by atoms with E-state index in [0.717, 1.165) is 16.8 Å². The minimum absolute atomic E-state index is 0.505. The van der Waals surface area contributed by atoms with Crippen LogP contribution in [0.4, 0.5) is 4.39 Å². The van der Waals surface area contributed by atoms with Crippen LogP contribution in [-0.2, 0) is 14.3 Å². The van der Waals surface area contributed by atoms with Crippen molar-refractivity contribution in [3.05, 3.63) is 43.5 Å². The number of halogens is 1. The quantitative estimate of drug-likeness (QED) is 0.370. The predicted molar refractivity (Wildman–Crippen MR) is 88.1 cm³/mol. The number of H-pyrrole nitrogens is 1. The van der Waals surface area contributed by atoms with Crippen molar-refractivity contribution < 1.29 is 18.7 Å².